The molecule has 0 aromatic heterocycles. The van der Waals surface area contributed by atoms with Crippen LogP contribution in [0.15, 0.2) is 71.2 Å². The Morgan fingerprint density at radius 2 is 1.68 bits per heavy atom. The van der Waals surface area contributed by atoms with Crippen LogP contribution in [-0.2, 0) is 25.5 Å². The van der Waals surface area contributed by atoms with Crippen LogP contribution >= 0.6 is 15.9 Å². The maximum atomic E-state index is 14.1. The normalized spacial score (nSPS) is 24.2. The van der Waals surface area contributed by atoms with Crippen LogP contribution in [0.4, 0.5) is 4.79 Å². The second kappa shape index (κ2) is 12.8. The summed E-state index contributed by atoms with van der Waals surface area (Å²) >= 11 is 3.29. The van der Waals surface area contributed by atoms with E-state index in [1.54, 1.807) is 0 Å². The third kappa shape index (κ3) is 6.40. The molecule has 1 fully saturated rings. The molecule has 8 nitrogen and oxygen atoms in total. The lowest BCUT2D eigenvalue weighted by Crippen LogP contribution is -2.52. The van der Waals surface area contributed by atoms with Gasteiger partial charge in [-0.25, -0.2) is 9.69 Å². The van der Waals surface area contributed by atoms with Gasteiger partial charge in [0.25, 0.3) is 0 Å². The fourth-order valence-electron chi connectivity index (χ4n) is 4.89. The van der Waals surface area contributed by atoms with Crippen LogP contribution in [0.25, 0.3) is 0 Å². The van der Waals surface area contributed by atoms with Crippen LogP contribution < -0.4 is 0 Å². The van der Waals surface area contributed by atoms with Crippen LogP contribution in [-0.4, -0.2) is 58.0 Å². The fraction of sp³-hybridized carbons (Fsp3) is 0.414. The van der Waals surface area contributed by atoms with Gasteiger partial charge in [-0.05, 0) is 52.4 Å². The number of halogens is 1. The smallest absolute Gasteiger partial charge is 0.417 e. The van der Waals surface area contributed by atoms with E-state index in [1.165, 1.54) is 6.08 Å². The Morgan fingerprint density at radius 1 is 1.03 bits per heavy atom. The summed E-state index contributed by atoms with van der Waals surface area (Å²) in [6.45, 7) is 0.114. The molecule has 0 radical (unpaired) electrons. The molecule has 0 aliphatic carbocycles. The second-order valence-corrected chi connectivity index (χ2v) is 10.5. The van der Waals surface area contributed by atoms with Gasteiger partial charge in [0.05, 0.1) is 10.4 Å². The molecule has 2 N–H and O–H groups in total. The van der Waals surface area contributed by atoms with Crippen LogP contribution in [0, 0.1) is 5.92 Å². The standard InChI is InChI=1S/C29H32BrNO7/c30-25-18-24(33)26(38-29(25,36)15-9-1-2-10-16-32)22(17-20-11-5-3-6-12-20)27(34)31-23(19-37-28(31)35)21-13-7-4-8-14-21/h3-8,11-14,18,22-23,26,32,36H,1-2,9-10,15-17,19H2/t22-,23+,26-,29+/m0/s1. The van der Waals surface area contributed by atoms with Gasteiger partial charge in [0.1, 0.15) is 18.8 Å². The Hall–Kier alpha value is -2.85. The summed E-state index contributed by atoms with van der Waals surface area (Å²) in [7, 11) is 0. The van der Waals surface area contributed by atoms with Crippen molar-refractivity contribution in [1.29, 1.82) is 0 Å². The average Bonchev–Trinajstić information content (AvgIpc) is 3.31. The summed E-state index contributed by atoms with van der Waals surface area (Å²) in [6, 6.07) is 17.7. The van der Waals surface area contributed by atoms with E-state index in [1.807, 2.05) is 60.7 Å². The van der Waals surface area contributed by atoms with Gasteiger partial charge in [-0.15, -0.1) is 0 Å². The fourth-order valence-corrected chi connectivity index (χ4v) is 5.41. The lowest BCUT2D eigenvalue weighted by Gasteiger charge is -2.38. The number of nitrogens with zero attached hydrogens (tertiary/aromatic N) is 1. The van der Waals surface area contributed by atoms with E-state index in [0.29, 0.717) is 12.8 Å². The van der Waals surface area contributed by atoms with Gasteiger partial charge in [-0.3, -0.25) is 9.59 Å². The number of benzene rings is 2. The number of amides is 2. The van der Waals surface area contributed by atoms with Gasteiger partial charge in [0.15, 0.2) is 11.6 Å². The molecule has 2 aromatic rings. The number of unbranched alkanes of at least 4 members (excludes halogenated alkanes) is 3. The minimum Gasteiger partial charge on any atom is -0.446 e. The molecule has 2 aliphatic heterocycles. The number of hydrogen-bond acceptors (Lipinski definition) is 7. The van der Waals surface area contributed by atoms with Gasteiger partial charge in [-0.1, -0.05) is 73.5 Å². The molecule has 4 rings (SSSR count). The highest BCUT2D eigenvalue weighted by molar-refractivity contribution is 9.11. The first-order valence-electron chi connectivity index (χ1n) is 12.9. The number of ketones is 1. The van der Waals surface area contributed by atoms with Crippen molar-refractivity contribution < 1.29 is 34.1 Å². The van der Waals surface area contributed by atoms with Crippen LogP contribution in [0.5, 0.6) is 0 Å². The molecular weight excluding hydrogens is 554 g/mol. The predicted octanol–water partition coefficient (Wildman–Crippen LogP) is 4.44. The Kier molecular flexibility index (Phi) is 9.49. The molecule has 4 atom stereocenters. The van der Waals surface area contributed by atoms with Crippen LogP contribution in [0.3, 0.4) is 0 Å². The SMILES string of the molecule is O=C1C=C(Br)[C@@](O)(CCCCCCO)O[C@H]1[C@H](Cc1ccccc1)C(=O)N1C(=O)OC[C@@H]1c1ccccc1. The van der Waals surface area contributed by atoms with Gasteiger partial charge in [0.2, 0.25) is 5.91 Å². The van der Waals surface area contributed by atoms with Gasteiger partial charge < -0.3 is 19.7 Å². The van der Waals surface area contributed by atoms with Gasteiger partial charge >= 0.3 is 6.09 Å². The quantitative estimate of drug-likeness (QED) is 0.375. The number of hydrogen-bond donors (Lipinski definition) is 2. The van der Waals surface area contributed by atoms with E-state index in [9.17, 15) is 19.5 Å². The van der Waals surface area contributed by atoms with Crippen molar-refractivity contribution in [2.75, 3.05) is 13.2 Å². The zero-order valence-corrected chi connectivity index (χ0v) is 22.6. The summed E-state index contributed by atoms with van der Waals surface area (Å²) in [5.74, 6) is -3.95. The van der Waals surface area contributed by atoms with Gasteiger partial charge in [-0.2, -0.15) is 0 Å². The second-order valence-electron chi connectivity index (χ2n) is 9.61. The highest BCUT2D eigenvalue weighted by atomic mass is 79.9. The zero-order valence-electron chi connectivity index (χ0n) is 21.0. The van der Waals surface area contributed by atoms with E-state index >= 15 is 0 Å². The molecule has 202 valence electrons. The Balaban J connectivity index is 1.63. The summed E-state index contributed by atoms with van der Waals surface area (Å²) in [5.41, 5.74) is 1.52. The number of carbonyl (C=O) groups excluding carboxylic acids is 3. The molecule has 0 saturated carbocycles. The summed E-state index contributed by atoms with van der Waals surface area (Å²) in [6.07, 6.45) is 2.32. The first kappa shape index (κ1) is 28.2. The predicted molar refractivity (Wildman–Crippen MR) is 143 cm³/mol. The van der Waals surface area contributed by atoms with E-state index in [2.05, 4.69) is 15.9 Å². The Morgan fingerprint density at radius 3 is 2.37 bits per heavy atom. The molecule has 38 heavy (non-hydrogen) atoms. The monoisotopic (exact) mass is 585 g/mol. The molecule has 2 aliphatic rings. The zero-order chi connectivity index (χ0) is 27.1. The summed E-state index contributed by atoms with van der Waals surface area (Å²) in [4.78, 5) is 41.2. The van der Waals surface area contributed by atoms with Crippen molar-refractivity contribution in [2.24, 2.45) is 5.92 Å². The van der Waals surface area contributed by atoms with E-state index in [4.69, 9.17) is 14.6 Å². The first-order chi connectivity index (χ1) is 18.3. The molecule has 9 heteroatoms. The third-order valence-corrected chi connectivity index (χ3v) is 7.79. The van der Waals surface area contributed by atoms with E-state index < -0.39 is 41.6 Å². The number of ether oxygens (including phenoxy) is 2. The highest BCUT2D eigenvalue weighted by Crippen LogP contribution is 2.39. The molecule has 0 unspecified atom stereocenters. The number of aliphatic hydroxyl groups excluding tert-OH is 1. The number of carbonyl (C=O) groups is 3. The number of rotatable bonds is 11. The largest absolute Gasteiger partial charge is 0.446 e. The maximum Gasteiger partial charge on any atom is 0.417 e. The van der Waals surface area contributed by atoms with E-state index in [0.717, 1.165) is 28.9 Å². The van der Waals surface area contributed by atoms with Crippen molar-refractivity contribution in [2.45, 2.75) is 56.5 Å². The topological polar surface area (TPSA) is 113 Å². The molecule has 2 amide bonds. The Bertz CT molecular complexity index is 1160. The molecule has 2 aromatic carbocycles. The summed E-state index contributed by atoms with van der Waals surface area (Å²) in [5, 5.41) is 20.4. The lowest BCUT2D eigenvalue weighted by molar-refractivity contribution is -0.218. The summed E-state index contributed by atoms with van der Waals surface area (Å²) < 4.78 is 11.5. The average molecular weight is 586 g/mol. The van der Waals surface area contributed by atoms with E-state index in [-0.39, 0.29) is 30.5 Å². The highest BCUT2D eigenvalue weighted by Gasteiger charge is 2.49. The molecule has 1 saturated heterocycles. The molecular formula is C29H32BrNO7. The maximum absolute atomic E-state index is 14.1. The number of imide groups is 1. The Labute approximate surface area is 230 Å². The van der Waals surface area contributed by atoms with Gasteiger partial charge in [0, 0.05) is 13.0 Å². The number of cyclic esters (lactones) is 1. The van der Waals surface area contributed by atoms with Crippen molar-refractivity contribution in [1.82, 2.24) is 4.90 Å². The molecule has 0 bridgehead atoms. The lowest BCUT2D eigenvalue weighted by atomic mass is 9.87. The van der Waals surface area contributed by atoms with Crippen molar-refractivity contribution in [3.8, 4) is 0 Å². The van der Waals surface area contributed by atoms with Crippen LogP contribution in [0.1, 0.15) is 49.3 Å². The molecule has 2 heterocycles. The number of aliphatic hydroxyl groups is 2. The third-order valence-electron chi connectivity index (χ3n) is 6.94. The van der Waals surface area contributed by atoms with Crippen LogP contribution in [0.2, 0.25) is 0 Å². The first-order valence-corrected chi connectivity index (χ1v) is 13.6. The van der Waals surface area contributed by atoms with Crippen molar-refractivity contribution in [3.05, 3.63) is 82.3 Å². The minimum absolute atomic E-state index is 0.00927. The molecule has 0 spiro atoms. The minimum atomic E-state index is -1.79. The van der Waals surface area contributed by atoms with Crippen molar-refractivity contribution in [3.63, 3.8) is 0 Å². The van der Waals surface area contributed by atoms with Crippen molar-refractivity contribution >= 4 is 33.7 Å².